The van der Waals surface area contributed by atoms with Gasteiger partial charge in [-0.25, -0.2) is 4.98 Å². The maximum absolute atomic E-state index is 12.1. The van der Waals surface area contributed by atoms with Gasteiger partial charge in [0.05, 0.1) is 12.7 Å². The fourth-order valence-corrected chi connectivity index (χ4v) is 2.33. The van der Waals surface area contributed by atoms with E-state index in [1.54, 1.807) is 12.1 Å². The van der Waals surface area contributed by atoms with Crippen molar-refractivity contribution in [2.24, 2.45) is 0 Å². The SMILES string of the molecule is CCN1CCOC(CNC(=O)c2cc(C)nc(N)c2)C1. The van der Waals surface area contributed by atoms with E-state index in [1.165, 1.54) is 0 Å². The summed E-state index contributed by atoms with van der Waals surface area (Å²) in [5.74, 6) is 0.223. The molecule has 6 nitrogen and oxygen atoms in total. The lowest BCUT2D eigenvalue weighted by molar-refractivity contribution is -0.0246. The Morgan fingerprint density at radius 1 is 1.60 bits per heavy atom. The van der Waals surface area contributed by atoms with Crippen molar-refractivity contribution in [3.8, 4) is 0 Å². The fraction of sp³-hybridized carbons (Fsp3) is 0.571. The zero-order valence-corrected chi connectivity index (χ0v) is 12.1. The van der Waals surface area contributed by atoms with Crippen LogP contribution in [-0.2, 0) is 4.74 Å². The number of hydrogen-bond donors (Lipinski definition) is 2. The number of likely N-dealkylation sites (N-methyl/N-ethyl adjacent to an activating group) is 1. The van der Waals surface area contributed by atoms with E-state index in [0.717, 1.165) is 31.9 Å². The van der Waals surface area contributed by atoms with Crippen LogP contribution in [0.2, 0.25) is 0 Å². The number of pyridine rings is 1. The predicted octanol–water partition coefficient (Wildman–Crippen LogP) is 0.423. The van der Waals surface area contributed by atoms with Crippen LogP contribution in [0.5, 0.6) is 0 Å². The van der Waals surface area contributed by atoms with Crippen molar-refractivity contribution in [3.05, 3.63) is 23.4 Å². The van der Waals surface area contributed by atoms with Crippen molar-refractivity contribution in [1.82, 2.24) is 15.2 Å². The molecule has 0 radical (unpaired) electrons. The quantitative estimate of drug-likeness (QED) is 0.834. The molecule has 20 heavy (non-hydrogen) atoms. The number of nitrogens with two attached hydrogens (primary N) is 1. The lowest BCUT2D eigenvalue weighted by Crippen LogP contribution is -2.47. The highest BCUT2D eigenvalue weighted by atomic mass is 16.5. The smallest absolute Gasteiger partial charge is 0.251 e. The van der Waals surface area contributed by atoms with Gasteiger partial charge in [0.2, 0.25) is 0 Å². The summed E-state index contributed by atoms with van der Waals surface area (Å²) < 4.78 is 5.65. The summed E-state index contributed by atoms with van der Waals surface area (Å²) in [5, 5.41) is 2.89. The predicted molar refractivity (Wildman–Crippen MR) is 77.6 cm³/mol. The van der Waals surface area contributed by atoms with E-state index in [9.17, 15) is 4.79 Å². The second-order valence-electron chi connectivity index (χ2n) is 5.02. The van der Waals surface area contributed by atoms with E-state index in [1.807, 2.05) is 6.92 Å². The number of morpholine rings is 1. The molecule has 6 heteroatoms. The number of anilines is 1. The van der Waals surface area contributed by atoms with Crippen molar-refractivity contribution >= 4 is 11.7 Å². The molecule has 0 spiro atoms. The Hall–Kier alpha value is -1.66. The number of aromatic nitrogens is 1. The molecule has 1 unspecified atom stereocenters. The molecule has 1 aromatic rings. The molecule has 2 heterocycles. The maximum Gasteiger partial charge on any atom is 0.251 e. The molecule has 3 N–H and O–H groups in total. The van der Waals surface area contributed by atoms with Crippen molar-refractivity contribution in [3.63, 3.8) is 0 Å². The minimum Gasteiger partial charge on any atom is -0.384 e. The van der Waals surface area contributed by atoms with Gasteiger partial charge in [-0.3, -0.25) is 9.69 Å². The van der Waals surface area contributed by atoms with Crippen LogP contribution in [0.15, 0.2) is 12.1 Å². The van der Waals surface area contributed by atoms with E-state index >= 15 is 0 Å². The average Bonchev–Trinajstić information content (AvgIpc) is 2.44. The van der Waals surface area contributed by atoms with Crippen LogP contribution in [0.1, 0.15) is 23.0 Å². The first-order valence-corrected chi connectivity index (χ1v) is 6.94. The van der Waals surface area contributed by atoms with Gasteiger partial charge >= 0.3 is 0 Å². The van der Waals surface area contributed by atoms with Crippen molar-refractivity contribution in [2.45, 2.75) is 20.0 Å². The molecule has 110 valence electrons. The van der Waals surface area contributed by atoms with Gasteiger partial charge in [-0.15, -0.1) is 0 Å². The number of amides is 1. The van der Waals surface area contributed by atoms with Crippen LogP contribution < -0.4 is 11.1 Å². The zero-order valence-electron chi connectivity index (χ0n) is 12.1. The van der Waals surface area contributed by atoms with Crippen LogP contribution in [0, 0.1) is 6.92 Å². The lowest BCUT2D eigenvalue weighted by Gasteiger charge is -2.32. The van der Waals surface area contributed by atoms with E-state index in [0.29, 0.717) is 17.9 Å². The topological polar surface area (TPSA) is 80.5 Å². The van der Waals surface area contributed by atoms with Gasteiger partial charge in [0.1, 0.15) is 5.82 Å². The van der Waals surface area contributed by atoms with E-state index in [2.05, 4.69) is 22.1 Å². The number of hydrogen-bond acceptors (Lipinski definition) is 5. The van der Waals surface area contributed by atoms with Gasteiger partial charge < -0.3 is 15.8 Å². The number of nitrogens with zero attached hydrogens (tertiary/aromatic N) is 2. The second-order valence-corrected chi connectivity index (χ2v) is 5.02. The number of nitrogen functional groups attached to an aromatic ring is 1. The molecule has 1 amide bonds. The summed E-state index contributed by atoms with van der Waals surface area (Å²) in [6.07, 6.45) is 0.0490. The first kappa shape index (κ1) is 14.7. The lowest BCUT2D eigenvalue weighted by atomic mass is 10.2. The highest BCUT2D eigenvalue weighted by Gasteiger charge is 2.20. The zero-order chi connectivity index (χ0) is 14.5. The summed E-state index contributed by atoms with van der Waals surface area (Å²) >= 11 is 0. The van der Waals surface area contributed by atoms with Gasteiger partial charge in [0.15, 0.2) is 0 Å². The molecule has 1 aliphatic heterocycles. The first-order valence-electron chi connectivity index (χ1n) is 6.94. The molecule has 1 atom stereocenters. The Labute approximate surface area is 119 Å². The number of ether oxygens (including phenoxy) is 1. The van der Waals surface area contributed by atoms with Crippen LogP contribution in [-0.4, -0.2) is 54.7 Å². The van der Waals surface area contributed by atoms with Crippen LogP contribution in [0.25, 0.3) is 0 Å². The molecular formula is C14H22N4O2. The van der Waals surface area contributed by atoms with Crippen LogP contribution in [0.3, 0.4) is 0 Å². The number of nitrogens with one attached hydrogen (secondary N) is 1. The Morgan fingerprint density at radius 2 is 2.40 bits per heavy atom. The monoisotopic (exact) mass is 278 g/mol. The summed E-state index contributed by atoms with van der Waals surface area (Å²) in [6.45, 7) is 8.00. The van der Waals surface area contributed by atoms with Crippen molar-refractivity contribution in [1.29, 1.82) is 0 Å². The van der Waals surface area contributed by atoms with Gasteiger partial charge in [0.25, 0.3) is 5.91 Å². The van der Waals surface area contributed by atoms with Crippen molar-refractivity contribution < 1.29 is 9.53 Å². The highest BCUT2D eigenvalue weighted by Crippen LogP contribution is 2.08. The third-order valence-electron chi connectivity index (χ3n) is 3.40. The highest BCUT2D eigenvalue weighted by molar-refractivity contribution is 5.94. The Morgan fingerprint density at radius 3 is 3.10 bits per heavy atom. The number of carbonyl (C=O) groups excluding carboxylic acids is 1. The summed E-state index contributed by atoms with van der Waals surface area (Å²) in [7, 11) is 0. The second kappa shape index (κ2) is 6.67. The molecule has 1 fully saturated rings. The van der Waals surface area contributed by atoms with E-state index in [4.69, 9.17) is 10.5 Å². The Bertz CT molecular complexity index is 458. The molecule has 2 rings (SSSR count). The minimum absolute atomic E-state index is 0.0490. The van der Waals surface area contributed by atoms with E-state index < -0.39 is 0 Å². The molecular weight excluding hydrogens is 256 g/mol. The summed E-state index contributed by atoms with van der Waals surface area (Å²) in [6, 6.07) is 3.31. The molecule has 1 aliphatic rings. The van der Waals surface area contributed by atoms with Gasteiger partial charge in [-0.05, 0) is 25.6 Å². The third kappa shape index (κ3) is 3.91. The number of aryl methyl sites for hydroxylation is 1. The van der Waals surface area contributed by atoms with Crippen LogP contribution in [0.4, 0.5) is 5.82 Å². The third-order valence-corrected chi connectivity index (χ3v) is 3.40. The van der Waals surface area contributed by atoms with E-state index in [-0.39, 0.29) is 12.0 Å². The van der Waals surface area contributed by atoms with Crippen LogP contribution >= 0.6 is 0 Å². The Kier molecular flexibility index (Phi) is 4.92. The molecule has 0 saturated carbocycles. The minimum atomic E-state index is -0.139. The molecule has 0 aromatic carbocycles. The molecule has 1 aromatic heterocycles. The Balaban J connectivity index is 1.88. The number of rotatable bonds is 4. The average molecular weight is 278 g/mol. The summed E-state index contributed by atoms with van der Waals surface area (Å²) in [4.78, 5) is 18.4. The van der Waals surface area contributed by atoms with Gasteiger partial charge in [-0.2, -0.15) is 0 Å². The fourth-order valence-electron chi connectivity index (χ4n) is 2.33. The van der Waals surface area contributed by atoms with Gasteiger partial charge in [-0.1, -0.05) is 6.92 Å². The molecule has 0 aliphatic carbocycles. The first-order chi connectivity index (χ1) is 9.58. The standard InChI is InChI=1S/C14H22N4O2/c1-3-18-4-5-20-12(9-18)8-16-14(19)11-6-10(2)17-13(15)7-11/h6-7,12H,3-5,8-9H2,1-2H3,(H2,15,17)(H,16,19). The molecule has 0 bridgehead atoms. The largest absolute Gasteiger partial charge is 0.384 e. The summed E-state index contributed by atoms with van der Waals surface area (Å²) in [5.41, 5.74) is 6.93. The number of carbonyl (C=O) groups is 1. The normalized spacial score (nSPS) is 19.8. The van der Waals surface area contributed by atoms with Crippen molar-refractivity contribution in [2.75, 3.05) is 38.5 Å². The molecule has 1 saturated heterocycles. The maximum atomic E-state index is 12.1. The van der Waals surface area contributed by atoms with Gasteiger partial charge in [0, 0.05) is 30.9 Å².